The summed E-state index contributed by atoms with van der Waals surface area (Å²) in [5, 5.41) is 6.91. The average Bonchev–Trinajstić information content (AvgIpc) is 3.38. The Balaban J connectivity index is 1.48. The lowest BCUT2D eigenvalue weighted by Gasteiger charge is -2.30. The smallest absolute Gasteiger partial charge is 0.243 e. The van der Waals surface area contributed by atoms with E-state index in [0.717, 1.165) is 54.2 Å². The molecule has 2 aromatic rings. The number of carbonyl (C=O) groups excluding carboxylic acids is 2. The summed E-state index contributed by atoms with van der Waals surface area (Å²) in [4.78, 5) is 28.9. The Labute approximate surface area is 255 Å². The lowest BCUT2D eigenvalue weighted by atomic mass is 9.91. The van der Waals surface area contributed by atoms with Gasteiger partial charge in [0.15, 0.2) is 0 Å². The van der Waals surface area contributed by atoms with Crippen molar-refractivity contribution in [1.29, 1.82) is 0 Å². The Hall–Kier alpha value is -2.02. The maximum Gasteiger partial charge on any atom is 0.243 e. The normalized spacial score (nSPS) is 20.6. The van der Waals surface area contributed by atoms with Crippen molar-refractivity contribution in [3.63, 3.8) is 0 Å². The van der Waals surface area contributed by atoms with Gasteiger partial charge in [0, 0.05) is 29.0 Å². The second-order valence-corrected chi connectivity index (χ2v) is 14.0. The zero-order valence-electron chi connectivity index (χ0n) is 23.2. The minimum Gasteiger partial charge on any atom is -0.372 e. The van der Waals surface area contributed by atoms with E-state index in [4.69, 9.17) is 16.3 Å². The highest BCUT2D eigenvalue weighted by Crippen LogP contribution is 2.26. The first-order valence-electron chi connectivity index (χ1n) is 13.9. The number of halogens is 2. The zero-order valence-corrected chi connectivity index (χ0v) is 26.3. The second-order valence-electron chi connectivity index (χ2n) is 10.9. The molecule has 4 rings (SSSR count). The number of rotatable bonds is 12. The minimum atomic E-state index is -3.66. The summed E-state index contributed by atoms with van der Waals surface area (Å²) in [5.74, 6) is -0.275. The van der Waals surface area contributed by atoms with E-state index >= 15 is 0 Å². The van der Waals surface area contributed by atoms with Gasteiger partial charge in [-0.15, -0.1) is 0 Å². The Morgan fingerprint density at radius 2 is 1.88 bits per heavy atom. The van der Waals surface area contributed by atoms with Gasteiger partial charge in [0.05, 0.1) is 19.0 Å². The van der Waals surface area contributed by atoms with Crippen LogP contribution in [0.4, 0.5) is 0 Å². The van der Waals surface area contributed by atoms with Crippen LogP contribution < -0.4 is 15.4 Å². The van der Waals surface area contributed by atoms with E-state index in [-0.39, 0.29) is 18.6 Å². The van der Waals surface area contributed by atoms with Gasteiger partial charge >= 0.3 is 0 Å². The lowest BCUT2D eigenvalue weighted by Crippen LogP contribution is -2.53. The number of benzene rings is 2. The summed E-state index contributed by atoms with van der Waals surface area (Å²) in [5.41, 5.74) is 1.84. The number of sulfonamides is 1. The Morgan fingerprint density at radius 3 is 2.56 bits per heavy atom. The highest BCUT2D eigenvalue weighted by molar-refractivity contribution is 9.10. The van der Waals surface area contributed by atoms with E-state index in [1.807, 2.05) is 36.4 Å². The van der Waals surface area contributed by atoms with Crippen LogP contribution in [0.15, 0.2) is 53.0 Å². The monoisotopic (exact) mass is 668 g/mol. The Bertz CT molecular complexity index is 1290. The molecule has 2 aliphatic heterocycles. The van der Waals surface area contributed by atoms with Gasteiger partial charge in [-0.2, -0.15) is 0 Å². The van der Waals surface area contributed by atoms with Crippen LogP contribution in [0.2, 0.25) is 5.02 Å². The molecule has 2 aliphatic rings. The van der Waals surface area contributed by atoms with Crippen molar-refractivity contribution in [2.24, 2.45) is 5.92 Å². The number of nitrogens with one attached hydrogen (secondary N) is 3. The number of piperidine rings is 1. The third-order valence-electron chi connectivity index (χ3n) is 7.58. The molecule has 0 unspecified atom stereocenters. The van der Waals surface area contributed by atoms with Crippen molar-refractivity contribution >= 4 is 49.4 Å². The van der Waals surface area contributed by atoms with Crippen molar-refractivity contribution in [3.05, 3.63) is 69.2 Å². The molecule has 0 spiro atoms. The first-order valence-corrected chi connectivity index (χ1v) is 17.0. The van der Waals surface area contributed by atoms with E-state index in [1.54, 1.807) is 12.1 Å². The van der Waals surface area contributed by atoms with Gasteiger partial charge < -0.3 is 20.3 Å². The maximum atomic E-state index is 13.9. The summed E-state index contributed by atoms with van der Waals surface area (Å²) >= 11 is 9.44. The van der Waals surface area contributed by atoms with Gasteiger partial charge in [0.1, 0.15) is 12.1 Å². The molecule has 0 radical (unpaired) electrons. The predicted molar refractivity (Wildman–Crippen MR) is 163 cm³/mol. The van der Waals surface area contributed by atoms with Gasteiger partial charge in [0.25, 0.3) is 0 Å². The van der Waals surface area contributed by atoms with Gasteiger partial charge in [-0.3, -0.25) is 9.59 Å². The lowest BCUT2D eigenvalue weighted by molar-refractivity contribution is -0.140. The number of nitrogens with zero attached hydrogens (tertiary/aromatic N) is 1. The molecule has 2 saturated heterocycles. The van der Waals surface area contributed by atoms with Crippen LogP contribution in [-0.4, -0.2) is 69.2 Å². The molecule has 224 valence electrons. The number of hydrogen-bond donors (Lipinski definition) is 3. The standard InChI is InChI=1S/C29H38BrClN4O5S/c1-41(38,39)34-26(10-7-20-11-13-32-14-12-20)29(37)35-18-25(40-19-21-5-8-24(31)9-6-21)16-27(35)28(36)33-17-22-3-2-4-23(30)15-22/h2-6,8-9,15,20,25-27,32,34H,7,10-14,16-19H2,1H3,(H,33,36)/t25-,26-,27+/m1/s1. The largest absolute Gasteiger partial charge is 0.372 e. The summed E-state index contributed by atoms with van der Waals surface area (Å²) < 4.78 is 34.1. The SMILES string of the molecule is CS(=O)(=O)N[C@H](CCC1CCNCC1)C(=O)N1C[C@H](OCc2ccc(Cl)cc2)C[C@H]1C(=O)NCc1cccc(Br)c1. The molecule has 2 fully saturated rings. The van der Waals surface area contributed by atoms with Gasteiger partial charge in [-0.1, -0.05) is 51.8 Å². The average molecular weight is 670 g/mol. The van der Waals surface area contributed by atoms with E-state index < -0.39 is 28.0 Å². The molecule has 2 heterocycles. The minimum absolute atomic E-state index is 0.191. The molecule has 0 aromatic heterocycles. The first kappa shape index (κ1) is 31.9. The molecule has 2 aromatic carbocycles. The Morgan fingerprint density at radius 1 is 1.15 bits per heavy atom. The van der Waals surface area contributed by atoms with Crippen LogP contribution in [-0.2, 0) is 37.5 Å². The number of hydrogen-bond acceptors (Lipinski definition) is 6. The molecule has 3 atom stereocenters. The quantitative estimate of drug-likeness (QED) is 0.318. The van der Waals surface area contributed by atoms with Crippen molar-refractivity contribution < 1.29 is 22.7 Å². The molecule has 2 amide bonds. The fourth-order valence-corrected chi connectivity index (χ4v) is 6.73. The maximum absolute atomic E-state index is 13.9. The van der Waals surface area contributed by atoms with Crippen LogP contribution in [0.1, 0.15) is 43.2 Å². The van der Waals surface area contributed by atoms with Gasteiger partial charge in [0.2, 0.25) is 21.8 Å². The molecular formula is C29H38BrClN4O5S. The van der Waals surface area contributed by atoms with Crippen LogP contribution >= 0.6 is 27.5 Å². The van der Waals surface area contributed by atoms with E-state index in [0.29, 0.717) is 36.9 Å². The number of amides is 2. The second kappa shape index (κ2) is 14.9. The van der Waals surface area contributed by atoms with Gasteiger partial charge in [-0.05, 0) is 80.1 Å². The first-order chi connectivity index (χ1) is 19.6. The summed E-state index contributed by atoms with van der Waals surface area (Å²) in [6.45, 7) is 2.63. The molecule has 0 aliphatic carbocycles. The van der Waals surface area contributed by atoms with Crippen molar-refractivity contribution in [2.45, 2.75) is 63.4 Å². The van der Waals surface area contributed by atoms with Crippen LogP contribution in [0, 0.1) is 5.92 Å². The van der Waals surface area contributed by atoms with Gasteiger partial charge in [-0.25, -0.2) is 13.1 Å². The number of carbonyl (C=O) groups is 2. The highest BCUT2D eigenvalue weighted by atomic mass is 79.9. The zero-order chi connectivity index (χ0) is 29.4. The van der Waals surface area contributed by atoms with Crippen LogP contribution in [0.5, 0.6) is 0 Å². The summed E-state index contributed by atoms with van der Waals surface area (Å²) in [7, 11) is -3.66. The summed E-state index contributed by atoms with van der Waals surface area (Å²) in [6, 6.07) is 13.2. The predicted octanol–water partition coefficient (Wildman–Crippen LogP) is 3.60. The number of likely N-dealkylation sites (tertiary alicyclic amines) is 1. The van der Waals surface area contributed by atoms with Crippen LogP contribution in [0.3, 0.4) is 0 Å². The number of ether oxygens (including phenoxy) is 1. The molecule has 12 heteroatoms. The van der Waals surface area contributed by atoms with Crippen molar-refractivity contribution in [2.75, 3.05) is 25.9 Å². The molecule has 0 bridgehead atoms. The molecule has 9 nitrogen and oxygen atoms in total. The van der Waals surface area contributed by atoms with Crippen LogP contribution in [0.25, 0.3) is 0 Å². The fourth-order valence-electron chi connectivity index (χ4n) is 5.42. The molecule has 3 N–H and O–H groups in total. The van der Waals surface area contributed by atoms with Crippen molar-refractivity contribution in [1.82, 2.24) is 20.3 Å². The highest BCUT2D eigenvalue weighted by Gasteiger charge is 2.42. The van der Waals surface area contributed by atoms with Crippen molar-refractivity contribution in [3.8, 4) is 0 Å². The third kappa shape index (κ3) is 10.0. The molecular weight excluding hydrogens is 632 g/mol. The summed E-state index contributed by atoms with van der Waals surface area (Å²) in [6.07, 6.45) is 4.06. The van der Waals surface area contributed by atoms with E-state index in [2.05, 4.69) is 31.3 Å². The Kier molecular flexibility index (Phi) is 11.6. The molecule has 0 saturated carbocycles. The fraction of sp³-hybridized carbons (Fsp3) is 0.517. The third-order valence-corrected chi connectivity index (χ3v) is 9.04. The topological polar surface area (TPSA) is 117 Å². The molecule has 41 heavy (non-hydrogen) atoms. The van der Waals surface area contributed by atoms with E-state index in [1.165, 1.54) is 4.90 Å². The van der Waals surface area contributed by atoms with E-state index in [9.17, 15) is 18.0 Å².